The molecule has 5 heteroatoms. The van der Waals surface area contributed by atoms with Gasteiger partial charge in [-0.2, -0.15) is 0 Å². The van der Waals surface area contributed by atoms with Crippen LogP contribution in [-0.4, -0.2) is 24.1 Å². The summed E-state index contributed by atoms with van der Waals surface area (Å²) in [5.74, 6) is -0.142. The molecule has 0 amide bonds. The first-order valence-corrected chi connectivity index (χ1v) is 8.98. The van der Waals surface area contributed by atoms with Crippen LogP contribution in [0.2, 0.25) is 0 Å². The van der Waals surface area contributed by atoms with Crippen LogP contribution in [0.3, 0.4) is 0 Å². The van der Waals surface area contributed by atoms with Crippen molar-refractivity contribution in [3.8, 4) is 5.75 Å². The lowest BCUT2D eigenvalue weighted by molar-refractivity contribution is -0.285. The summed E-state index contributed by atoms with van der Waals surface area (Å²) in [6.07, 6.45) is 0.271. The molecule has 3 aliphatic heterocycles. The standard InChI is InChI=1S/C20H20O5/c1-9-6-5-7-11-13(9)20-18(4)14-12(24-15(18)21)8-17(3,10(2)25-20)19(14,20)16(22)23-11/h5-7,10,12,14H,8H2,1-4H3/t10-,12?,14-,17+,18-,19-,20+/m1/s1. The topological polar surface area (TPSA) is 61.8 Å². The third-order valence-corrected chi connectivity index (χ3v) is 8.32. The van der Waals surface area contributed by atoms with E-state index in [2.05, 4.69) is 6.92 Å². The molecule has 1 aromatic rings. The zero-order valence-electron chi connectivity index (χ0n) is 14.7. The maximum atomic E-state index is 13.4. The van der Waals surface area contributed by atoms with Crippen LogP contribution in [-0.2, 0) is 24.7 Å². The summed E-state index contributed by atoms with van der Waals surface area (Å²) in [5, 5.41) is 0. The van der Waals surface area contributed by atoms with Gasteiger partial charge in [0.15, 0.2) is 0 Å². The molecule has 0 N–H and O–H groups in total. The first-order valence-electron chi connectivity index (χ1n) is 8.98. The summed E-state index contributed by atoms with van der Waals surface area (Å²) in [5.41, 5.74) is -1.23. The van der Waals surface area contributed by atoms with E-state index in [0.717, 1.165) is 11.1 Å². The number of rotatable bonds is 0. The lowest BCUT2D eigenvalue weighted by Gasteiger charge is -2.67. The van der Waals surface area contributed by atoms with Gasteiger partial charge in [-0.3, -0.25) is 9.59 Å². The Kier molecular flexibility index (Phi) is 2.00. The van der Waals surface area contributed by atoms with E-state index >= 15 is 0 Å². The van der Waals surface area contributed by atoms with Crippen LogP contribution < -0.4 is 4.74 Å². The van der Waals surface area contributed by atoms with Gasteiger partial charge in [0.1, 0.15) is 28.3 Å². The minimum atomic E-state index is -0.989. The molecule has 0 bridgehead atoms. The third kappa shape index (κ3) is 0.949. The van der Waals surface area contributed by atoms with Gasteiger partial charge in [0.05, 0.1) is 6.10 Å². The number of ether oxygens (including phenoxy) is 3. The molecule has 7 atom stereocenters. The summed E-state index contributed by atoms with van der Waals surface area (Å²) in [6, 6.07) is 5.67. The number of hydrogen-bond donors (Lipinski definition) is 0. The smallest absolute Gasteiger partial charge is 0.321 e. The molecule has 1 aromatic carbocycles. The second kappa shape index (κ2) is 3.50. The van der Waals surface area contributed by atoms with Gasteiger partial charge in [-0.1, -0.05) is 19.1 Å². The maximum absolute atomic E-state index is 13.4. The minimum absolute atomic E-state index is 0.158. The van der Waals surface area contributed by atoms with Crippen LogP contribution >= 0.6 is 0 Å². The fourth-order valence-corrected chi connectivity index (χ4v) is 7.42. The van der Waals surface area contributed by atoms with Gasteiger partial charge >= 0.3 is 11.9 Å². The van der Waals surface area contributed by atoms with E-state index in [0.29, 0.717) is 12.2 Å². The molecule has 2 saturated heterocycles. The maximum Gasteiger partial charge on any atom is 0.321 e. The first kappa shape index (κ1) is 14.3. The number of hydrogen-bond acceptors (Lipinski definition) is 5. The average molecular weight is 340 g/mol. The minimum Gasteiger partial charge on any atom is -0.461 e. The van der Waals surface area contributed by atoms with Crippen molar-refractivity contribution < 1.29 is 23.8 Å². The van der Waals surface area contributed by atoms with E-state index in [4.69, 9.17) is 14.2 Å². The van der Waals surface area contributed by atoms with E-state index < -0.39 is 21.8 Å². The fourth-order valence-electron chi connectivity index (χ4n) is 7.42. The summed E-state index contributed by atoms with van der Waals surface area (Å²) in [6.45, 7) is 8.05. The van der Waals surface area contributed by atoms with Gasteiger partial charge in [0.25, 0.3) is 0 Å². The quantitative estimate of drug-likeness (QED) is 0.536. The normalized spacial score (nSPS) is 53.5. The molecule has 5 aliphatic rings. The molecule has 1 spiro atoms. The van der Waals surface area contributed by atoms with Crippen molar-refractivity contribution in [2.45, 2.75) is 51.9 Å². The molecule has 25 heavy (non-hydrogen) atoms. The molecule has 1 unspecified atom stereocenters. The highest BCUT2D eigenvalue weighted by atomic mass is 16.6. The van der Waals surface area contributed by atoms with Crippen LogP contribution in [0.1, 0.15) is 38.3 Å². The zero-order valence-corrected chi connectivity index (χ0v) is 14.7. The second-order valence-electron chi connectivity index (χ2n) is 8.83. The van der Waals surface area contributed by atoms with E-state index in [1.165, 1.54) is 0 Å². The van der Waals surface area contributed by atoms with Gasteiger partial charge in [-0.05, 0) is 38.8 Å². The van der Waals surface area contributed by atoms with Gasteiger partial charge in [0, 0.05) is 16.9 Å². The number of aryl methyl sites for hydroxylation is 1. The Morgan fingerprint density at radius 1 is 1.16 bits per heavy atom. The predicted octanol–water partition coefficient (Wildman–Crippen LogP) is 2.49. The van der Waals surface area contributed by atoms with E-state index in [1.807, 2.05) is 32.9 Å². The fraction of sp³-hybridized carbons (Fsp3) is 0.600. The van der Waals surface area contributed by atoms with Gasteiger partial charge in [-0.25, -0.2) is 0 Å². The molecular weight excluding hydrogens is 320 g/mol. The molecule has 130 valence electrons. The molecule has 5 nitrogen and oxygen atoms in total. The van der Waals surface area contributed by atoms with Gasteiger partial charge in [-0.15, -0.1) is 0 Å². The Balaban J connectivity index is 1.81. The highest BCUT2D eigenvalue weighted by molar-refractivity contribution is 5.98. The number of carbonyl (C=O) groups excluding carboxylic acids is 2. The highest BCUT2D eigenvalue weighted by Crippen LogP contribution is 2.91. The lowest BCUT2D eigenvalue weighted by Crippen LogP contribution is -2.79. The van der Waals surface area contributed by atoms with Gasteiger partial charge < -0.3 is 14.2 Å². The SMILES string of the molecule is Cc1cccc2c1[C@]13O[C@H](C)[C@]4(C)CC5OC(=O)[C@@]1(C)[C@@H]5[C@]34C(=O)O2. The zero-order chi connectivity index (χ0) is 17.6. The largest absolute Gasteiger partial charge is 0.461 e. The van der Waals surface area contributed by atoms with Crippen molar-refractivity contribution in [3.63, 3.8) is 0 Å². The molecular formula is C20H20O5. The molecule has 2 saturated carbocycles. The van der Waals surface area contributed by atoms with Crippen LogP contribution in [0.5, 0.6) is 5.75 Å². The summed E-state index contributed by atoms with van der Waals surface area (Å²) in [7, 11) is 0. The van der Waals surface area contributed by atoms with Crippen molar-refractivity contribution in [1.82, 2.24) is 0 Å². The molecule has 0 radical (unpaired) electrons. The highest BCUT2D eigenvalue weighted by Gasteiger charge is 3.01. The number of carbonyl (C=O) groups is 2. The van der Waals surface area contributed by atoms with Crippen LogP contribution in [0, 0.1) is 29.1 Å². The number of fused-ring (bicyclic) bond motifs is 1. The van der Waals surface area contributed by atoms with Crippen molar-refractivity contribution in [2.24, 2.45) is 22.2 Å². The third-order valence-electron chi connectivity index (χ3n) is 8.32. The number of benzene rings is 1. The van der Waals surface area contributed by atoms with E-state index in [1.54, 1.807) is 6.07 Å². The van der Waals surface area contributed by atoms with Crippen molar-refractivity contribution >= 4 is 11.9 Å². The predicted molar refractivity (Wildman–Crippen MR) is 85.7 cm³/mol. The summed E-state index contributed by atoms with van der Waals surface area (Å²) >= 11 is 0. The Hall–Kier alpha value is -1.88. The summed E-state index contributed by atoms with van der Waals surface area (Å²) in [4.78, 5) is 26.4. The first-order chi connectivity index (χ1) is 11.8. The van der Waals surface area contributed by atoms with Crippen LogP contribution in [0.4, 0.5) is 0 Å². The molecule has 4 fully saturated rings. The van der Waals surface area contributed by atoms with Crippen LogP contribution in [0.25, 0.3) is 0 Å². The average Bonchev–Trinajstić information content (AvgIpc) is 2.99. The molecule has 6 rings (SSSR count). The van der Waals surface area contributed by atoms with Crippen molar-refractivity contribution in [3.05, 3.63) is 29.3 Å². The summed E-state index contributed by atoms with van der Waals surface area (Å²) < 4.78 is 18.3. The Bertz CT molecular complexity index is 907. The Labute approximate surface area is 145 Å². The van der Waals surface area contributed by atoms with Gasteiger partial charge in [0.2, 0.25) is 0 Å². The monoisotopic (exact) mass is 340 g/mol. The van der Waals surface area contributed by atoms with E-state index in [9.17, 15) is 9.59 Å². The molecule has 0 aromatic heterocycles. The molecule has 3 heterocycles. The van der Waals surface area contributed by atoms with Crippen LogP contribution in [0.15, 0.2) is 18.2 Å². The Morgan fingerprint density at radius 3 is 2.68 bits per heavy atom. The Morgan fingerprint density at radius 2 is 1.92 bits per heavy atom. The molecule has 2 aliphatic carbocycles. The van der Waals surface area contributed by atoms with E-state index in [-0.39, 0.29) is 30.1 Å². The van der Waals surface area contributed by atoms with Crippen molar-refractivity contribution in [1.29, 1.82) is 0 Å². The number of esters is 2. The second-order valence-corrected chi connectivity index (χ2v) is 8.83. The lowest BCUT2D eigenvalue weighted by atomic mass is 9.33. The van der Waals surface area contributed by atoms with Crippen molar-refractivity contribution in [2.75, 3.05) is 0 Å².